The number of nitro benzene ring substituents is 1. The fourth-order valence-corrected chi connectivity index (χ4v) is 3.06. The van der Waals surface area contributed by atoms with E-state index in [0.29, 0.717) is 0 Å². The van der Waals surface area contributed by atoms with Gasteiger partial charge >= 0.3 is 0 Å². The molecule has 0 heterocycles. The first-order chi connectivity index (χ1) is 14.8. The lowest BCUT2D eigenvalue weighted by Crippen LogP contribution is -2.48. The quantitative estimate of drug-likeness (QED) is 0.239. The monoisotopic (exact) mass is 454 g/mol. The highest BCUT2D eigenvalue weighted by molar-refractivity contribution is 7.80. The number of hydrogen-bond donors (Lipinski definition) is 3. The van der Waals surface area contributed by atoms with Crippen molar-refractivity contribution in [3.05, 3.63) is 93.0 Å². The minimum Gasteiger partial charge on any atom is -0.298 e. The van der Waals surface area contributed by atoms with Crippen LogP contribution in [0, 0.1) is 10.1 Å². The van der Waals surface area contributed by atoms with Gasteiger partial charge in [-0.2, -0.15) is 0 Å². The molecule has 3 N–H and O–H groups in total. The smallest absolute Gasteiger partial charge is 0.288 e. The third-order valence-corrected chi connectivity index (χ3v) is 4.69. The number of carbonyl (C=O) groups excluding carboxylic acids is 2. The van der Waals surface area contributed by atoms with Gasteiger partial charge in [0.05, 0.1) is 4.92 Å². The highest BCUT2D eigenvalue weighted by atomic mass is 35.5. The second kappa shape index (κ2) is 9.79. The lowest BCUT2D eigenvalue weighted by Gasteiger charge is -2.10. The second-order valence-electron chi connectivity index (χ2n) is 6.22. The number of thiocarbonyl (C=S) groups is 1. The molecule has 8 nitrogen and oxygen atoms in total. The van der Waals surface area contributed by atoms with E-state index in [2.05, 4.69) is 16.2 Å². The summed E-state index contributed by atoms with van der Waals surface area (Å²) in [6.07, 6.45) is 2.98. The summed E-state index contributed by atoms with van der Waals surface area (Å²) in [5, 5.41) is 15.1. The zero-order chi connectivity index (χ0) is 22.4. The van der Waals surface area contributed by atoms with Crippen LogP contribution in [0.3, 0.4) is 0 Å². The van der Waals surface area contributed by atoms with E-state index in [1.165, 1.54) is 18.2 Å². The maximum Gasteiger partial charge on any atom is 0.288 e. The number of halogens is 1. The van der Waals surface area contributed by atoms with Crippen LogP contribution < -0.4 is 16.2 Å². The van der Waals surface area contributed by atoms with Gasteiger partial charge in [0.25, 0.3) is 11.6 Å². The van der Waals surface area contributed by atoms with Gasteiger partial charge in [0, 0.05) is 17.7 Å². The molecule has 0 radical (unpaired) electrons. The first kappa shape index (κ1) is 21.9. The summed E-state index contributed by atoms with van der Waals surface area (Å²) in [6.45, 7) is 0. The number of nitro groups is 1. The Labute approximate surface area is 187 Å². The summed E-state index contributed by atoms with van der Waals surface area (Å²) >= 11 is 10.7. The molecule has 0 fully saturated rings. The highest BCUT2D eigenvalue weighted by Crippen LogP contribution is 2.25. The number of hydrogen-bond acceptors (Lipinski definition) is 5. The number of benzene rings is 3. The zero-order valence-corrected chi connectivity index (χ0v) is 17.4. The molecule has 0 aliphatic carbocycles. The minimum atomic E-state index is -0.695. The van der Waals surface area contributed by atoms with Gasteiger partial charge in [0.15, 0.2) is 5.11 Å². The van der Waals surface area contributed by atoms with E-state index in [1.54, 1.807) is 6.08 Å². The Balaban J connectivity index is 1.56. The minimum absolute atomic E-state index is 0.00595. The highest BCUT2D eigenvalue weighted by Gasteiger charge is 2.16. The van der Waals surface area contributed by atoms with E-state index in [-0.39, 0.29) is 15.7 Å². The Hall–Kier alpha value is -3.82. The van der Waals surface area contributed by atoms with Crippen LogP contribution in [-0.4, -0.2) is 21.9 Å². The van der Waals surface area contributed by atoms with Crippen molar-refractivity contribution >= 4 is 63.3 Å². The van der Waals surface area contributed by atoms with Gasteiger partial charge in [0.1, 0.15) is 5.02 Å². The van der Waals surface area contributed by atoms with Crippen LogP contribution in [0.15, 0.2) is 66.7 Å². The van der Waals surface area contributed by atoms with Crippen molar-refractivity contribution < 1.29 is 14.5 Å². The molecule has 3 aromatic carbocycles. The van der Waals surface area contributed by atoms with Gasteiger partial charge in [-0.15, -0.1) is 0 Å². The molecule has 156 valence electrons. The molecule has 3 rings (SSSR count). The number of fused-ring (bicyclic) bond motifs is 1. The van der Waals surface area contributed by atoms with Crippen molar-refractivity contribution in [3.63, 3.8) is 0 Å². The van der Waals surface area contributed by atoms with Crippen LogP contribution in [0.1, 0.15) is 15.9 Å². The summed E-state index contributed by atoms with van der Waals surface area (Å²) in [7, 11) is 0. The third-order valence-electron chi connectivity index (χ3n) is 4.17. The lowest BCUT2D eigenvalue weighted by molar-refractivity contribution is -0.384. The molecule has 0 bridgehead atoms. The van der Waals surface area contributed by atoms with Crippen molar-refractivity contribution in [2.75, 3.05) is 0 Å². The van der Waals surface area contributed by atoms with E-state index in [0.717, 1.165) is 22.4 Å². The molecule has 0 atom stereocenters. The standard InChI is InChI=1S/C21H15ClN4O4S/c22-17-10-8-15(12-18(17)26(29)30)20(28)24-25-21(31)23-19(27)11-9-14-6-3-5-13-4-1-2-7-16(13)14/h1-12H,(H,24,28)(H2,23,25,27,31). The Kier molecular flexibility index (Phi) is 6.91. The average Bonchev–Trinajstić information content (AvgIpc) is 2.76. The van der Waals surface area contributed by atoms with Crippen molar-refractivity contribution in [1.82, 2.24) is 16.2 Å². The largest absolute Gasteiger partial charge is 0.298 e. The molecule has 31 heavy (non-hydrogen) atoms. The molecule has 10 heteroatoms. The fourth-order valence-electron chi connectivity index (χ4n) is 2.73. The number of nitrogens with one attached hydrogen (secondary N) is 3. The summed E-state index contributed by atoms with van der Waals surface area (Å²) in [4.78, 5) is 34.5. The molecular weight excluding hydrogens is 440 g/mol. The molecule has 0 unspecified atom stereocenters. The van der Waals surface area contributed by atoms with Gasteiger partial charge in [-0.3, -0.25) is 35.9 Å². The van der Waals surface area contributed by atoms with Crippen LogP contribution in [0.25, 0.3) is 16.8 Å². The van der Waals surface area contributed by atoms with Gasteiger partial charge in [0.2, 0.25) is 5.91 Å². The van der Waals surface area contributed by atoms with Gasteiger partial charge in [-0.1, -0.05) is 54.1 Å². The van der Waals surface area contributed by atoms with Crippen LogP contribution in [0.5, 0.6) is 0 Å². The van der Waals surface area contributed by atoms with Crippen LogP contribution >= 0.6 is 23.8 Å². The maximum absolute atomic E-state index is 12.1. The summed E-state index contributed by atoms with van der Waals surface area (Å²) in [5.74, 6) is -1.19. The van der Waals surface area contributed by atoms with Crippen molar-refractivity contribution in [3.8, 4) is 0 Å². The predicted molar refractivity (Wildman–Crippen MR) is 122 cm³/mol. The first-order valence-corrected chi connectivity index (χ1v) is 9.65. The van der Waals surface area contributed by atoms with Crippen molar-refractivity contribution in [2.45, 2.75) is 0 Å². The molecular formula is C21H15ClN4O4S. The molecule has 0 aromatic heterocycles. The normalized spacial score (nSPS) is 10.6. The van der Waals surface area contributed by atoms with Crippen LogP contribution in [0.2, 0.25) is 5.02 Å². The zero-order valence-electron chi connectivity index (χ0n) is 15.8. The van der Waals surface area contributed by atoms with Crippen LogP contribution in [0.4, 0.5) is 5.69 Å². The predicted octanol–water partition coefficient (Wildman–Crippen LogP) is 3.75. The van der Waals surface area contributed by atoms with Gasteiger partial charge in [-0.25, -0.2) is 0 Å². The van der Waals surface area contributed by atoms with E-state index in [4.69, 9.17) is 23.8 Å². The SMILES string of the molecule is O=C(C=Cc1cccc2ccccc12)NC(=S)NNC(=O)c1ccc(Cl)c([N+](=O)[O-])c1. The van der Waals surface area contributed by atoms with Crippen LogP contribution in [-0.2, 0) is 4.79 Å². The van der Waals surface area contributed by atoms with E-state index in [1.807, 2.05) is 42.5 Å². The topological polar surface area (TPSA) is 113 Å². The third kappa shape index (κ3) is 5.62. The Bertz CT molecular complexity index is 1220. The number of amides is 2. The number of rotatable bonds is 4. The molecule has 0 saturated carbocycles. The van der Waals surface area contributed by atoms with Crippen molar-refractivity contribution in [2.24, 2.45) is 0 Å². The molecule has 2 amide bonds. The number of nitrogens with zero attached hydrogens (tertiary/aromatic N) is 1. The second-order valence-corrected chi connectivity index (χ2v) is 7.04. The Morgan fingerprint density at radius 3 is 2.55 bits per heavy atom. The number of carbonyl (C=O) groups is 2. The summed E-state index contributed by atoms with van der Waals surface area (Å²) in [5.41, 5.74) is 5.08. The summed E-state index contributed by atoms with van der Waals surface area (Å²) < 4.78 is 0. The fraction of sp³-hybridized carbons (Fsp3) is 0. The Morgan fingerprint density at radius 2 is 1.77 bits per heavy atom. The van der Waals surface area contributed by atoms with E-state index < -0.39 is 22.4 Å². The molecule has 0 aliphatic rings. The van der Waals surface area contributed by atoms with E-state index >= 15 is 0 Å². The lowest BCUT2D eigenvalue weighted by atomic mass is 10.0. The average molecular weight is 455 g/mol. The first-order valence-electron chi connectivity index (χ1n) is 8.86. The Morgan fingerprint density at radius 1 is 1.03 bits per heavy atom. The van der Waals surface area contributed by atoms with E-state index in [9.17, 15) is 19.7 Å². The molecule has 0 spiro atoms. The molecule has 3 aromatic rings. The summed E-state index contributed by atoms with van der Waals surface area (Å²) in [6, 6.07) is 17.1. The molecule has 0 saturated heterocycles. The van der Waals surface area contributed by atoms with Gasteiger partial charge in [-0.05, 0) is 46.8 Å². The number of hydrazine groups is 1. The van der Waals surface area contributed by atoms with Crippen molar-refractivity contribution in [1.29, 1.82) is 0 Å². The molecule has 0 aliphatic heterocycles. The maximum atomic E-state index is 12.1. The van der Waals surface area contributed by atoms with Gasteiger partial charge < -0.3 is 0 Å².